The van der Waals surface area contributed by atoms with E-state index in [-0.39, 0.29) is 5.75 Å². The molecule has 1 N–H and O–H groups in total. The average Bonchev–Trinajstić information content (AvgIpc) is 3.36. The quantitative estimate of drug-likeness (QED) is 0.444. The molecule has 0 spiro atoms. The smallest absolute Gasteiger partial charge is 0.180 e. The van der Waals surface area contributed by atoms with Gasteiger partial charge in [-0.1, -0.05) is 48.5 Å². The second kappa shape index (κ2) is 8.40. The maximum absolute atomic E-state index is 12.7. The number of aromatic nitrogens is 2. The summed E-state index contributed by atoms with van der Waals surface area (Å²) in [6.07, 6.45) is 3.93. The summed E-state index contributed by atoms with van der Waals surface area (Å²) in [6, 6.07) is 18.8. The van der Waals surface area contributed by atoms with Gasteiger partial charge in [0.1, 0.15) is 16.5 Å². The molecule has 5 rings (SSSR count). The molecule has 2 heterocycles. The summed E-state index contributed by atoms with van der Waals surface area (Å²) < 4.78 is 25.3. The lowest BCUT2D eigenvalue weighted by molar-refractivity contribution is 0.596. The molecule has 0 aliphatic heterocycles. The molecule has 4 aromatic rings. The van der Waals surface area contributed by atoms with E-state index in [0.717, 1.165) is 46.7 Å². The van der Waals surface area contributed by atoms with Gasteiger partial charge < -0.3 is 5.32 Å². The van der Waals surface area contributed by atoms with Crippen LogP contribution in [0.15, 0.2) is 65.6 Å². The lowest BCUT2D eigenvalue weighted by atomic mass is 10.1. The molecule has 5 nitrogen and oxygen atoms in total. The normalized spacial score (nSPS) is 13.4. The van der Waals surface area contributed by atoms with E-state index in [1.165, 1.54) is 10.4 Å². The Morgan fingerprint density at radius 3 is 2.45 bits per heavy atom. The van der Waals surface area contributed by atoms with E-state index < -0.39 is 9.84 Å². The topological polar surface area (TPSA) is 72.0 Å². The van der Waals surface area contributed by atoms with Crippen molar-refractivity contribution in [2.75, 3.05) is 17.6 Å². The number of nitrogens with one attached hydrogen (secondary N) is 1. The number of rotatable bonds is 7. The van der Waals surface area contributed by atoms with Crippen LogP contribution in [0, 0.1) is 0 Å². The number of anilines is 1. The molecule has 0 unspecified atom stereocenters. The lowest BCUT2D eigenvalue weighted by Crippen LogP contribution is -2.17. The highest BCUT2D eigenvalue weighted by Crippen LogP contribution is 2.39. The molecule has 1 aliphatic carbocycles. The predicted molar refractivity (Wildman–Crippen MR) is 126 cm³/mol. The first kappa shape index (κ1) is 20.2. The van der Waals surface area contributed by atoms with E-state index in [1.54, 1.807) is 35.6 Å². The standard InChI is InChI=1S/C24H23N3O2S2/c28-31(29,18-10-5-2-6-11-18)15-14-25-23-22-19-12-7-13-20(19)30-24(22)27-21(26-23)16-17-8-3-1-4-9-17/h1-6,8-11H,7,12-16H2,(H,25,26,27). The summed E-state index contributed by atoms with van der Waals surface area (Å²) in [5, 5.41) is 4.41. The van der Waals surface area contributed by atoms with Crippen molar-refractivity contribution in [3.8, 4) is 0 Å². The highest BCUT2D eigenvalue weighted by atomic mass is 32.2. The van der Waals surface area contributed by atoms with Crippen molar-refractivity contribution < 1.29 is 8.42 Å². The van der Waals surface area contributed by atoms with Crippen LogP contribution in [-0.2, 0) is 29.1 Å². The molecule has 0 radical (unpaired) electrons. The number of benzene rings is 2. The summed E-state index contributed by atoms with van der Waals surface area (Å²) >= 11 is 1.75. The summed E-state index contributed by atoms with van der Waals surface area (Å²) in [5.41, 5.74) is 2.49. The Kier molecular flexibility index (Phi) is 5.46. The van der Waals surface area contributed by atoms with Gasteiger partial charge in [-0.25, -0.2) is 18.4 Å². The van der Waals surface area contributed by atoms with Crippen LogP contribution in [0.25, 0.3) is 10.2 Å². The zero-order chi connectivity index (χ0) is 21.3. The van der Waals surface area contributed by atoms with Crippen molar-refractivity contribution in [3.05, 3.63) is 82.5 Å². The first-order valence-electron chi connectivity index (χ1n) is 10.5. The number of aryl methyl sites for hydroxylation is 2. The van der Waals surface area contributed by atoms with Crippen molar-refractivity contribution >= 4 is 37.2 Å². The monoisotopic (exact) mass is 449 g/mol. The van der Waals surface area contributed by atoms with Gasteiger partial charge in [-0.05, 0) is 42.5 Å². The molecule has 0 bridgehead atoms. The SMILES string of the molecule is O=S(=O)(CCNc1nc(Cc2ccccc2)nc2sc3c(c12)CCC3)c1ccccc1. The first-order chi connectivity index (χ1) is 15.1. The number of sulfone groups is 1. The van der Waals surface area contributed by atoms with Gasteiger partial charge in [0.2, 0.25) is 0 Å². The highest BCUT2D eigenvalue weighted by molar-refractivity contribution is 7.91. The molecule has 158 valence electrons. The summed E-state index contributed by atoms with van der Waals surface area (Å²) in [6.45, 7) is 0.304. The van der Waals surface area contributed by atoms with Crippen molar-refractivity contribution in [3.63, 3.8) is 0 Å². The van der Waals surface area contributed by atoms with E-state index in [0.29, 0.717) is 17.9 Å². The van der Waals surface area contributed by atoms with Crippen LogP contribution in [0.5, 0.6) is 0 Å². The fourth-order valence-electron chi connectivity index (χ4n) is 4.07. The van der Waals surface area contributed by atoms with E-state index in [9.17, 15) is 8.42 Å². The Morgan fingerprint density at radius 2 is 1.68 bits per heavy atom. The molecule has 0 atom stereocenters. The molecule has 2 aromatic carbocycles. The van der Waals surface area contributed by atoms with Crippen LogP contribution in [0.2, 0.25) is 0 Å². The lowest BCUT2D eigenvalue weighted by Gasteiger charge is -2.11. The summed E-state index contributed by atoms with van der Waals surface area (Å²) in [4.78, 5) is 12.4. The Morgan fingerprint density at radius 1 is 0.935 bits per heavy atom. The fourth-order valence-corrected chi connectivity index (χ4v) is 6.53. The maximum Gasteiger partial charge on any atom is 0.180 e. The minimum Gasteiger partial charge on any atom is -0.368 e. The molecule has 0 amide bonds. The van der Waals surface area contributed by atoms with Gasteiger partial charge in [-0.3, -0.25) is 0 Å². The largest absolute Gasteiger partial charge is 0.368 e. The summed E-state index contributed by atoms with van der Waals surface area (Å²) in [7, 11) is -3.34. The Hall–Kier alpha value is -2.77. The maximum atomic E-state index is 12.7. The van der Waals surface area contributed by atoms with Gasteiger partial charge in [0, 0.05) is 17.8 Å². The third-order valence-electron chi connectivity index (χ3n) is 5.58. The van der Waals surface area contributed by atoms with Crippen LogP contribution in [0.3, 0.4) is 0 Å². The number of hydrogen-bond donors (Lipinski definition) is 1. The average molecular weight is 450 g/mol. The van der Waals surface area contributed by atoms with E-state index in [4.69, 9.17) is 9.97 Å². The van der Waals surface area contributed by atoms with Gasteiger partial charge in [-0.2, -0.15) is 0 Å². The van der Waals surface area contributed by atoms with E-state index in [2.05, 4.69) is 17.4 Å². The molecule has 0 saturated carbocycles. The second-order valence-corrected chi connectivity index (χ2v) is 10.9. The molecule has 31 heavy (non-hydrogen) atoms. The molecule has 0 saturated heterocycles. The fraction of sp³-hybridized carbons (Fsp3) is 0.250. The van der Waals surface area contributed by atoms with Crippen molar-refractivity contribution in [1.82, 2.24) is 9.97 Å². The molecule has 2 aromatic heterocycles. The van der Waals surface area contributed by atoms with Crippen molar-refractivity contribution in [2.24, 2.45) is 0 Å². The minimum atomic E-state index is -3.34. The molecule has 0 fully saturated rings. The predicted octanol–water partition coefficient (Wildman–Crippen LogP) is 4.66. The number of hydrogen-bond acceptors (Lipinski definition) is 6. The van der Waals surface area contributed by atoms with Crippen LogP contribution >= 0.6 is 11.3 Å². The van der Waals surface area contributed by atoms with Crippen molar-refractivity contribution in [1.29, 1.82) is 0 Å². The van der Waals surface area contributed by atoms with E-state index in [1.807, 2.05) is 24.3 Å². The van der Waals surface area contributed by atoms with E-state index >= 15 is 0 Å². The second-order valence-electron chi connectivity index (χ2n) is 7.75. The Bertz CT molecular complexity index is 1320. The first-order valence-corrected chi connectivity index (χ1v) is 12.9. The van der Waals surface area contributed by atoms with Crippen LogP contribution in [0.1, 0.15) is 28.2 Å². The Balaban J connectivity index is 1.43. The molecular formula is C24H23N3O2S2. The number of fused-ring (bicyclic) bond motifs is 3. The molecule has 1 aliphatic rings. The zero-order valence-corrected chi connectivity index (χ0v) is 18.7. The van der Waals surface area contributed by atoms with Crippen molar-refractivity contribution in [2.45, 2.75) is 30.6 Å². The van der Waals surface area contributed by atoms with Crippen LogP contribution in [0.4, 0.5) is 5.82 Å². The highest BCUT2D eigenvalue weighted by Gasteiger charge is 2.23. The van der Waals surface area contributed by atoms with Gasteiger partial charge in [0.05, 0.1) is 16.0 Å². The van der Waals surface area contributed by atoms with Crippen LogP contribution in [-0.4, -0.2) is 30.7 Å². The molecule has 7 heteroatoms. The van der Waals surface area contributed by atoms with Crippen LogP contribution < -0.4 is 5.32 Å². The number of thiophene rings is 1. The third-order valence-corrected chi connectivity index (χ3v) is 8.50. The number of nitrogens with zero attached hydrogens (tertiary/aromatic N) is 2. The van der Waals surface area contributed by atoms with Gasteiger partial charge in [-0.15, -0.1) is 11.3 Å². The minimum absolute atomic E-state index is 0.0167. The zero-order valence-electron chi connectivity index (χ0n) is 17.0. The Labute approximate surface area is 186 Å². The van der Waals surface area contributed by atoms with Gasteiger partial charge >= 0.3 is 0 Å². The van der Waals surface area contributed by atoms with Gasteiger partial charge in [0.25, 0.3) is 0 Å². The summed E-state index contributed by atoms with van der Waals surface area (Å²) in [5.74, 6) is 1.54. The molecular weight excluding hydrogens is 426 g/mol. The van der Waals surface area contributed by atoms with Gasteiger partial charge in [0.15, 0.2) is 9.84 Å². The third kappa shape index (κ3) is 4.20.